The fourth-order valence-electron chi connectivity index (χ4n) is 3.59. The number of nitrogens with zero attached hydrogens (tertiary/aromatic N) is 1. The van der Waals surface area contributed by atoms with Gasteiger partial charge in [0.15, 0.2) is 0 Å². The van der Waals surface area contributed by atoms with Gasteiger partial charge in [0.2, 0.25) is 0 Å². The molecule has 1 rings (SSSR count). The number of hydrogen-bond donors (Lipinski definition) is 1. The van der Waals surface area contributed by atoms with Gasteiger partial charge in [-0.2, -0.15) is 0 Å². The first-order valence-electron chi connectivity index (χ1n) is 8.34. The van der Waals surface area contributed by atoms with E-state index in [1.54, 1.807) is 0 Å². The zero-order valence-electron chi connectivity index (χ0n) is 14.1. The Morgan fingerprint density at radius 1 is 1.26 bits per heavy atom. The highest BCUT2D eigenvalue weighted by Gasteiger charge is 2.37. The Morgan fingerprint density at radius 2 is 1.95 bits per heavy atom. The molecule has 114 valence electrons. The molecule has 1 saturated carbocycles. The highest BCUT2D eigenvalue weighted by atomic mass is 15.2. The monoisotopic (exact) mass is 268 g/mol. The fraction of sp³-hybridized carbons (Fsp3) is 1.00. The summed E-state index contributed by atoms with van der Waals surface area (Å²) in [7, 11) is 2.14. The van der Waals surface area contributed by atoms with Crippen LogP contribution in [0.1, 0.15) is 73.1 Å². The number of rotatable bonds is 7. The second-order valence-corrected chi connectivity index (χ2v) is 7.41. The molecule has 1 aliphatic carbocycles. The third kappa shape index (κ3) is 5.07. The van der Waals surface area contributed by atoms with E-state index in [0.29, 0.717) is 23.5 Å². The largest absolute Gasteiger partial charge is 0.315 e. The summed E-state index contributed by atoms with van der Waals surface area (Å²) >= 11 is 0. The van der Waals surface area contributed by atoms with Gasteiger partial charge in [0.25, 0.3) is 0 Å². The molecule has 0 heterocycles. The van der Waals surface area contributed by atoms with E-state index >= 15 is 0 Å². The first-order chi connectivity index (χ1) is 8.91. The number of likely N-dealkylation sites (N-methyl/N-ethyl adjacent to an activating group) is 1. The summed E-state index contributed by atoms with van der Waals surface area (Å²) in [6, 6.07) is 2.05. The zero-order valence-corrected chi connectivity index (χ0v) is 14.1. The maximum atomic E-state index is 3.58. The SMILES string of the molecule is CCCCCN(C(C)C)C1CC(C)(C)CCC1NC. The molecule has 0 amide bonds. The second-order valence-electron chi connectivity index (χ2n) is 7.41. The van der Waals surface area contributed by atoms with Gasteiger partial charge in [-0.1, -0.05) is 33.6 Å². The predicted molar refractivity (Wildman–Crippen MR) is 85.6 cm³/mol. The van der Waals surface area contributed by atoms with Gasteiger partial charge in [-0.05, 0) is 58.5 Å². The van der Waals surface area contributed by atoms with Gasteiger partial charge in [-0.15, -0.1) is 0 Å². The smallest absolute Gasteiger partial charge is 0.0257 e. The lowest BCUT2D eigenvalue weighted by molar-refractivity contribution is 0.0459. The Kier molecular flexibility index (Phi) is 6.82. The van der Waals surface area contributed by atoms with Crippen molar-refractivity contribution in [2.45, 2.75) is 91.3 Å². The molecule has 0 spiro atoms. The third-order valence-electron chi connectivity index (χ3n) is 4.84. The standard InChI is InChI=1S/C17H36N2/c1-7-8-9-12-19(14(2)3)16-13-17(4,5)11-10-15(16)18-6/h14-16,18H,7-13H2,1-6H3. The Balaban J connectivity index is 2.71. The van der Waals surface area contributed by atoms with E-state index in [4.69, 9.17) is 0 Å². The predicted octanol–water partition coefficient (Wildman–Crippen LogP) is 4.05. The third-order valence-corrected chi connectivity index (χ3v) is 4.84. The van der Waals surface area contributed by atoms with Crippen molar-refractivity contribution in [1.82, 2.24) is 10.2 Å². The lowest BCUT2D eigenvalue weighted by Crippen LogP contribution is -2.56. The molecule has 0 saturated heterocycles. The van der Waals surface area contributed by atoms with Crippen LogP contribution < -0.4 is 5.32 Å². The minimum Gasteiger partial charge on any atom is -0.315 e. The molecule has 0 aromatic carbocycles. The Morgan fingerprint density at radius 3 is 2.47 bits per heavy atom. The van der Waals surface area contributed by atoms with Gasteiger partial charge >= 0.3 is 0 Å². The molecule has 1 aliphatic rings. The molecule has 0 bridgehead atoms. The average molecular weight is 268 g/mol. The van der Waals surface area contributed by atoms with Crippen LogP contribution in [0.3, 0.4) is 0 Å². The Bertz CT molecular complexity index is 248. The summed E-state index contributed by atoms with van der Waals surface area (Å²) in [5.74, 6) is 0. The molecule has 1 N–H and O–H groups in total. The van der Waals surface area contributed by atoms with E-state index in [1.165, 1.54) is 45.1 Å². The Labute approximate surface area is 121 Å². The van der Waals surface area contributed by atoms with Crippen LogP contribution in [-0.2, 0) is 0 Å². The van der Waals surface area contributed by atoms with Gasteiger partial charge in [0, 0.05) is 18.1 Å². The van der Waals surface area contributed by atoms with Gasteiger partial charge in [0.1, 0.15) is 0 Å². The quantitative estimate of drug-likeness (QED) is 0.701. The molecule has 2 atom stereocenters. The van der Waals surface area contributed by atoms with E-state index in [1.807, 2.05) is 0 Å². The van der Waals surface area contributed by atoms with Crippen LogP contribution in [0.5, 0.6) is 0 Å². The molecule has 19 heavy (non-hydrogen) atoms. The number of nitrogens with one attached hydrogen (secondary N) is 1. The summed E-state index contributed by atoms with van der Waals surface area (Å²) < 4.78 is 0. The van der Waals surface area contributed by atoms with E-state index < -0.39 is 0 Å². The normalized spacial score (nSPS) is 27.2. The molecular weight excluding hydrogens is 232 g/mol. The molecule has 0 radical (unpaired) electrons. The summed E-state index contributed by atoms with van der Waals surface area (Å²) in [6.45, 7) is 13.2. The lowest BCUT2D eigenvalue weighted by atomic mass is 9.72. The fourth-order valence-corrected chi connectivity index (χ4v) is 3.59. The average Bonchev–Trinajstić information content (AvgIpc) is 2.33. The molecule has 2 unspecified atom stereocenters. The summed E-state index contributed by atoms with van der Waals surface area (Å²) in [4.78, 5) is 2.76. The molecule has 2 heteroatoms. The van der Waals surface area contributed by atoms with Crippen molar-refractivity contribution in [2.75, 3.05) is 13.6 Å². The maximum Gasteiger partial charge on any atom is 0.0257 e. The van der Waals surface area contributed by atoms with Crippen LogP contribution in [-0.4, -0.2) is 36.6 Å². The van der Waals surface area contributed by atoms with Crippen LogP contribution in [0.15, 0.2) is 0 Å². The zero-order chi connectivity index (χ0) is 14.5. The van der Waals surface area contributed by atoms with Gasteiger partial charge in [0.05, 0.1) is 0 Å². The topological polar surface area (TPSA) is 15.3 Å². The lowest BCUT2D eigenvalue weighted by Gasteiger charge is -2.47. The minimum absolute atomic E-state index is 0.510. The molecule has 0 aromatic heterocycles. The van der Waals surface area contributed by atoms with Crippen molar-refractivity contribution in [3.05, 3.63) is 0 Å². The van der Waals surface area contributed by atoms with Crippen molar-refractivity contribution >= 4 is 0 Å². The van der Waals surface area contributed by atoms with Gasteiger partial charge < -0.3 is 5.32 Å². The van der Waals surface area contributed by atoms with Gasteiger partial charge in [-0.3, -0.25) is 4.90 Å². The van der Waals surface area contributed by atoms with Gasteiger partial charge in [-0.25, -0.2) is 0 Å². The first-order valence-corrected chi connectivity index (χ1v) is 8.34. The summed E-state index contributed by atoms with van der Waals surface area (Å²) in [6.07, 6.45) is 8.05. The highest BCUT2D eigenvalue weighted by molar-refractivity contribution is 4.94. The first kappa shape index (κ1) is 17.0. The van der Waals surface area contributed by atoms with E-state index in [2.05, 4.69) is 51.9 Å². The van der Waals surface area contributed by atoms with Crippen molar-refractivity contribution < 1.29 is 0 Å². The summed E-state index contributed by atoms with van der Waals surface area (Å²) in [5, 5.41) is 3.58. The molecular formula is C17H36N2. The maximum absolute atomic E-state index is 3.58. The minimum atomic E-state index is 0.510. The van der Waals surface area contributed by atoms with E-state index in [0.717, 1.165) is 0 Å². The van der Waals surface area contributed by atoms with Crippen molar-refractivity contribution in [2.24, 2.45) is 5.41 Å². The van der Waals surface area contributed by atoms with Crippen LogP contribution in [0.2, 0.25) is 0 Å². The molecule has 1 fully saturated rings. The molecule has 0 aromatic rings. The number of hydrogen-bond acceptors (Lipinski definition) is 2. The second kappa shape index (κ2) is 7.64. The molecule has 0 aliphatic heterocycles. The summed E-state index contributed by atoms with van der Waals surface area (Å²) in [5.41, 5.74) is 0.510. The molecule has 2 nitrogen and oxygen atoms in total. The van der Waals surface area contributed by atoms with Crippen LogP contribution in [0, 0.1) is 5.41 Å². The van der Waals surface area contributed by atoms with E-state index in [9.17, 15) is 0 Å². The van der Waals surface area contributed by atoms with Crippen LogP contribution >= 0.6 is 0 Å². The van der Waals surface area contributed by atoms with E-state index in [-0.39, 0.29) is 0 Å². The number of unbranched alkanes of at least 4 members (excludes halogenated alkanes) is 2. The van der Waals surface area contributed by atoms with Crippen LogP contribution in [0.4, 0.5) is 0 Å². The van der Waals surface area contributed by atoms with Crippen molar-refractivity contribution in [3.63, 3.8) is 0 Å². The van der Waals surface area contributed by atoms with Crippen LogP contribution in [0.25, 0.3) is 0 Å². The van der Waals surface area contributed by atoms with Crippen molar-refractivity contribution in [1.29, 1.82) is 0 Å². The van der Waals surface area contributed by atoms with Crippen molar-refractivity contribution in [3.8, 4) is 0 Å². The Hall–Kier alpha value is -0.0800. The highest BCUT2D eigenvalue weighted by Crippen LogP contribution is 2.38.